The number of benzene rings is 2. The Morgan fingerprint density at radius 3 is 2.74 bits per heavy atom. The van der Waals surface area contributed by atoms with Gasteiger partial charge in [-0.25, -0.2) is 5.10 Å². The molecule has 196 valence electrons. The molecule has 1 fully saturated rings. The maximum Gasteiger partial charge on any atom is 0.322 e. The van der Waals surface area contributed by atoms with Crippen LogP contribution in [0.15, 0.2) is 59.4 Å². The number of aliphatic hydroxyl groups excluding tert-OH is 1. The molecule has 0 bridgehead atoms. The zero-order valence-corrected chi connectivity index (χ0v) is 21.5. The Morgan fingerprint density at radius 2 is 2.00 bits per heavy atom. The number of carbonyl (C=O) groups is 2. The zero-order valence-electron chi connectivity index (χ0n) is 20.7. The van der Waals surface area contributed by atoms with Gasteiger partial charge in [-0.2, -0.15) is 5.10 Å². The van der Waals surface area contributed by atoms with Gasteiger partial charge in [0.2, 0.25) is 5.91 Å². The summed E-state index contributed by atoms with van der Waals surface area (Å²) in [7, 11) is 0. The Bertz CT molecular complexity index is 1520. The molecule has 1 aliphatic rings. The van der Waals surface area contributed by atoms with E-state index in [4.69, 9.17) is 4.74 Å². The number of pyridine rings is 1. The van der Waals surface area contributed by atoms with Crippen molar-refractivity contribution in [3.63, 3.8) is 0 Å². The number of amides is 2. The lowest BCUT2D eigenvalue weighted by Crippen LogP contribution is -2.51. The lowest BCUT2D eigenvalue weighted by atomic mass is 9.92. The number of para-hydroxylation sites is 1. The van der Waals surface area contributed by atoms with Crippen LogP contribution in [0.2, 0.25) is 0 Å². The van der Waals surface area contributed by atoms with Gasteiger partial charge in [-0.15, -0.1) is 0 Å². The molecule has 10 nitrogen and oxygen atoms in total. The molecule has 1 saturated heterocycles. The minimum absolute atomic E-state index is 0.251. The maximum absolute atomic E-state index is 13.1. The number of rotatable bonds is 7. The van der Waals surface area contributed by atoms with Gasteiger partial charge in [-0.05, 0) is 49.7 Å². The number of fused-ring (bicyclic) bond motifs is 1. The number of hydrogen-bond acceptors (Lipinski definition) is 8. The highest BCUT2D eigenvalue weighted by Gasteiger charge is 2.35. The monoisotopic (exact) mass is 533 g/mol. The standard InChI is InChI=1S/C27H27N5O5S/c1-16-12-18(20-4-2-3-5-22(20)28-16)15-37-19-8-6-17(7-9-19)25(35)29-23-10-11-32(24(34)14-33)13-21(23)26-30-31-27(36)38-26/h2-9,12,21,23,33H,10-11,13-15H2,1H3,(H,29,35)(H,31,36). The number of aryl methyl sites for hydroxylation is 1. The topological polar surface area (TPSA) is 138 Å². The molecule has 0 radical (unpaired) electrons. The molecule has 2 aromatic heterocycles. The van der Waals surface area contributed by atoms with E-state index in [-0.39, 0.29) is 29.3 Å². The van der Waals surface area contributed by atoms with Crippen LogP contribution in [-0.2, 0) is 11.4 Å². The van der Waals surface area contributed by atoms with Gasteiger partial charge in [-0.1, -0.05) is 29.5 Å². The molecule has 0 saturated carbocycles. The number of ether oxygens (including phenoxy) is 1. The molecule has 2 unspecified atom stereocenters. The van der Waals surface area contributed by atoms with Crippen LogP contribution >= 0.6 is 11.3 Å². The molecule has 2 amide bonds. The van der Waals surface area contributed by atoms with Crippen molar-refractivity contribution in [2.24, 2.45) is 0 Å². The van der Waals surface area contributed by atoms with Crippen LogP contribution in [0.4, 0.5) is 0 Å². The summed E-state index contributed by atoms with van der Waals surface area (Å²) >= 11 is 0.955. The Kier molecular flexibility index (Phi) is 7.47. The Hall–Kier alpha value is -4.09. The second-order valence-corrected chi connectivity index (χ2v) is 10.2. The average molecular weight is 534 g/mol. The van der Waals surface area contributed by atoms with Crippen molar-refractivity contribution in [2.45, 2.75) is 31.9 Å². The highest BCUT2D eigenvalue weighted by Crippen LogP contribution is 2.28. The summed E-state index contributed by atoms with van der Waals surface area (Å²) in [5.74, 6) is -0.399. The fourth-order valence-electron chi connectivity index (χ4n) is 4.73. The number of aliphatic hydroxyl groups is 1. The Morgan fingerprint density at radius 1 is 1.21 bits per heavy atom. The lowest BCUT2D eigenvalue weighted by Gasteiger charge is -2.37. The number of nitrogens with one attached hydrogen (secondary N) is 2. The first-order valence-electron chi connectivity index (χ1n) is 12.2. The van der Waals surface area contributed by atoms with Crippen LogP contribution in [0.25, 0.3) is 10.9 Å². The summed E-state index contributed by atoms with van der Waals surface area (Å²) in [6.07, 6.45) is 0.469. The molecular weight excluding hydrogens is 506 g/mol. The first kappa shape index (κ1) is 25.6. The van der Waals surface area contributed by atoms with Gasteiger partial charge in [0.05, 0.1) is 11.4 Å². The maximum atomic E-state index is 13.1. The number of aromatic amines is 1. The van der Waals surface area contributed by atoms with Gasteiger partial charge in [0.25, 0.3) is 5.91 Å². The summed E-state index contributed by atoms with van der Waals surface area (Å²) in [5, 5.41) is 20.3. The van der Waals surface area contributed by atoms with E-state index in [0.717, 1.165) is 33.5 Å². The molecule has 0 spiro atoms. The minimum atomic E-state index is -0.591. The van der Waals surface area contributed by atoms with Crippen molar-refractivity contribution in [3.05, 3.63) is 86.1 Å². The zero-order chi connectivity index (χ0) is 26.6. The predicted molar refractivity (Wildman–Crippen MR) is 142 cm³/mol. The Balaban J connectivity index is 1.25. The first-order valence-corrected chi connectivity index (χ1v) is 13.1. The number of piperidine rings is 1. The van der Waals surface area contributed by atoms with Crippen LogP contribution in [0.5, 0.6) is 5.75 Å². The van der Waals surface area contributed by atoms with E-state index >= 15 is 0 Å². The number of H-pyrrole nitrogens is 1. The van der Waals surface area contributed by atoms with Gasteiger partial charge >= 0.3 is 4.87 Å². The molecule has 4 aromatic rings. The third-order valence-corrected chi connectivity index (χ3v) is 7.51. The number of carbonyl (C=O) groups excluding carboxylic acids is 2. The highest BCUT2D eigenvalue weighted by molar-refractivity contribution is 7.08. The van der Waals surface area contributed by atoms with Gasteiger partial charge in [0.15, 0.2) is 0 Å². The van der Waals surface area contributed by atoms with Crippen LogP contribution in [0, 0.1) is 6.92 Å². The lowest BCUT2D eigenvalue weighted by molar-refractivity contribution is -0.135. The smallest absolute Gasteiger partial charge is 0.322 e. The summed E-state index contributed by atoms with van der Waals surface area (Å²) in [6, 6.07) is 16.5. The van der Waals surface area contributed by atoms with Crippen molar-refractivity contribution in [1.29, 1.82) is 0 Å². The molecule has 2 aromatic carbocycles. The summed E-state index contributed by atoms with van der Waals surface area (Å²) in [5.41, 5.74) is 3.34. The second-order valence-electron chi connectivity index (χ2n) is 9.18. The van der Waals surface area contributed by atoms with Crippen LogP contribution in [-0.4, -0.2) is 62.7 Å². The molecule has 1 aliphatic heterocycles. The molecule has 0 aliphatic carbocycles. The third-order valence-electron chi connectivity index (χ3n) is 6.63. The minimum Gasteiger partial charge on any atom is -0.489 e. The van der Waals surface area contributed by atoms with Gasteiger partial charge in [0.1, 0.15) is 24.0 Å². The summed E-state index contributed by atoms with van der Waals surface area (Å²) < 4.78 is 6.00. The van der Waals surface area contributed by atoms with E-state index in [9.17, 15) is 19.5 Å². The van der Waals surface area contributed by atoms with E-state index in [1.165, 1.54) is 4.90 Å². The molecule has 3 N–H and O–H groups in total. The van der Waals surface area contributed by atoms with Crippen LogP contribution < -0.4 is 14.9 Å². The molecule has 2 atom stereocenters. The van der Waals surface area contributed by atoms with Crippen molar-refractivity contribution in [2.75, 3.05) is 19.7 Å². The molecule has 5 rings (SSSR count). The molecular formula is C27H27N5O5S. The molecule has 11 heteroatoms. The SMILES string of the molecule is Cc1cc(COc2ccc(C(=O)NC3CCN(C(=O)CO)CC3c3n[nH]c(=O)s3)cc2)c2ccccc2n1. The average Bonchev–Trinajstić information content (AvgIpc) is 3.37. The quantitative estimate of drug-likeness (QED) is 0.332. The van der Waals surface area contributed by atoms with Crippen molar-refractivity contribution in [1.82, 2.24) is 25.4 Å². The second kappa shape index (κ2) is 11.1. The van der Waals surface area contributed by atoms with Gasteiger partial charge in [0, 0.05) is 41.3 Å². The van der Waals surface area contributed by atoms with Crippen molar-refractivity contribution >= 4 is 34.1 Å². The van der Waals surface area contributed by atoms with Crippen molar-refractivity contribution in [3.8, 4) is 5.75 Å². The fraction of sp³-hybridized carbons (Fsp3) is 0.296. The number of aromatic nitrogens is 3. The predicted octanol–water partition coefficient (Wildman–Crippen LogP) is 2.37. The number of nitrogens with zero attached hydrogens (tertiary/aromatic N) is 3. The fourth-order valence-corrected chi connectivity index (χ4v) is 5.49. The van der Waals surface area contributed by atoms with Crippen LogP contribution in [0.1, 0.15) is 39.0 Å². The van der Waals surface area contributed by atoms with Crippen molar-refractivity contribution < 1.29 is 19.4 Å². The number of hydrogen-bond donors (Lipinski definition) is 3. The van der Waals surface area contributed by atoms with E-state index < -0.39 is 12.5 Å². The van der Waals surface area contributed by atoms with Gasteiger partial charge in [-0.3, -0.25) is 19.4 Å². The van der Waals surface area contributed by atoms with Crippen LogP contribution in [0.3, 0.4) is 0 Å². The third kappa shape index (κ3) is 5.58. The molecule has 3 heterocycles. The Labute approximate surface area is 222 Å². The summed E-state index contributed by atoms with van der Waals surface area (Å²) in [4.78, 5) is 42.6. The summed E-state index contributed by atoms with van der Waals surface area (Å²) in [6.45, 7) is 2.37. The van der Waals surface area contributed by atoms with E-state index in [2.05, 4.69) is 20.5 Å². The number of likely N-dealkylation sites (tertiary alicyclic amines) is 1. The van der Waals surface area contributed by atoms with E-state index in [1.54, 1.807) is 24.3 Å². The van der Waals surface area contributed by atoms with Gasteiger partial charge < -0.3 is 20.1 Å². The van der Waals surface area contributed by atoms with E-state index in [1.807, 2.05) is 37.3 Å². The normalized spacial score (nSPS) is 17.4. The first-order chi connectivity index (χ1) is 18.4. The molecule has 38 heavy (non-hydrogen) atoms. The largest absolute Gasteiger partial charge is 0.489 e. The highest BCUT2D eigenvalue weighted by atomic mass is 32.1. The van der Waals surface area contributed by atoms with E-state index in [0.29, 0.717) is 35.9 Å².